The summed E-state index contributed by atoms with van der Waals surface area (Å²) in [6, 6.07) is 0. The summed E-state index contributed by atoms with van der Waals surface area (Å²) in [5, 5.41) is 0. The van der Waals surface area contributed by atoms with Crippen LogP contribution in [0.5, 0.6) is 0 Å². The maximum atomic E-state index is 10.5. The molecule has 0 saturated heterocycles. The fraction of sp³-hybridized carbons (Fsp3) is 0.889. The second kappa shape index (κ2) is 3.65. The van der Waals surface area contributed by atoms with Gasteiger partial charge in [-0.15, -0.1) is 0 Å². The first-order chi connectivity index (χ1) is 5.12. The fourth-order valence-corrected chi connectivity index (χ4v) is 1.74. The molecular weight excluding hydrogens is 176 g/mol. The highest BCUT2D eigenvalue weighted by Crippen LogP contribution is 2.29. The second-order valence-electron chi connectivity index (χ2n) is 4.84. The molecule has 0 aliphatic heterocycles. The molecule has 2 nitrogen and oxygen atoms in total. The zero-order valence-corrected chi connectivity index (χ0v) is 9.16. The van der Waals surface area contributed by atoms with Crippen LogP contribution in [0, 0.1) is 5.41 Å². The Balaban J connectivity index is 4.13. The molecule has 0 radical (unpaired) electrons. The van der Waals surface area contributed by atoms with Crippen LogP contribution in [-0.2, 0) is 4.74 Å². The van der Waals surface area contributed by atoms with Crippen molar-refractivity contribution < 1.29 is 9.53 Å². The second-order valence-corrected chi connectivity index (χ2v) is 5.15. The molecular formula is C9H17ClO2. The molecule has 3 heteroatoms. The first kappa shape index (κ1) is 11.8. The van der Waals surface area contributed by atoms with Gasteiger partial charge in [-0.3, -0.25) is 0 Å². The Morgan fingerprint density at radius 1 is 1.25 bits per heavy atom. The molecule has 0 saturated carbocycles. The highest BCUT2D eigenvalue weighted by molar-refractivity contribution is 6.61. The van der Waals surface area contributed by atoms with Crippen molar-refractivity contribution in [1.82, 2.24) is 0 Å². The molecule has 72 valence electrons. The zero-order valence-electron chi connectivity index (χ0n) is 8.40. The molecule has 0 aliphatic rings. The van der Waals surface area contributed by atoms with Crippen molar-refractivity contribution in [1.29, 1.82) is 0 Å². The number of carbonyl (C=O) groups is 1. The minimum absolute atomic E-state index is 0.135. The van der Waals surface area contributed by atoms with E-state index >= 15 is 0 Å². The Labute approximate surface area is 79.2 Å². The summed E-state index contributed by atoms with van der Waals surface area (Å²) in [7, 11) is 0. The Morgan fingerprint density at radius 3 is 1.92 bits per heavy atom. The normalized spacial score (nSPS) is 12.8. The Bertz CT molecular complexity index is 168. The average Bonchev–Trinajstić information content (AvgIpc) is 1.48. The minimum Gasteiger partial charge on any atom is -0.448 e. The molecule has 0 aromatic heterocycles. The molecule has 0 fully saturated rings. The van der Waals surface area contributed by atoms with Crippen LogP contribution < -0.4 is 0 Å². The third-order valence-corrected chi connectivity index (χ3v) is 1.39. The van der Waals surface area contributed by atoms with E-state index in [1.54, 1.807) is 0 Å². The lowest BCUT2D eigenvalue weighted by Crippen LogP contribution is -2.31. The van der Waals surface area contributed by atoms with E-state index in [2.05, 4.69) is 20.8 Å². The monoisotopic (exact) mass is 192 g/mol. The van der Waals surface area contributed by atoms with Gasteiger partial charge in [-0.1, -0.05) is 20.8 Å². The number of halogens is 1. The van der Waals surface area contributed by atoms with Crippen LogP contribution in [0.25, 0.3) is 0 Å². The molecule has 0 aromatic rings. The molecule has 0 unspecified atom stereocenters. The molecule has 0 rings (SSSR count). The maximum Gasteiger partial charge on any atom is 0.404 e. The SMILES string of the molecule is CC(C)(C)CC(C)(C)OC(=O)Cl. The van der Waals surface area contributed by atoms with Crippen molar-refractivity contribution in [2.24, 2.45) is 5.41 Å². The van der Waals surface area contributed by atoms with E-state index < -0.39 is 11.0 Å². The molecule has 0 bridgehead atoms. The van der Waals surface area contributed by atoms with Gasteiger partial charge in [0.15, 0.2) is 0 Å². The molecule has 0 amide bonds. The largest absolute Gasteiger partial charge is 0.448 e. The van der Waals surface area contributed by atoms with E-state index in [-0.39, 0.29) is 5.41 Å². The third-order valence-electron chi connectivity index (χ3n) is 1.31. The Kier molecular flexibility index (Phi) is 3.58. The smallest absolute Gasteiger partial charge is 0.404 e. The number of ether oxygens (including phenoxy) is 1. The van der Waals surface area contributed by atoms with Crippen molar-refractivity contribution in [3.8, 4) is 0 Å². The molecule has 0 atom stereocenters. The van der Waals surface area contributed by atoms with Gasteiger partial charge in [-0.25, -0.2) is 4.79 Å². The third kappa shape index (κ3) is 6.47. The van der Waals surface area contributed by atoms with Crippen LogP contribution in [-0.4, -0.2) is 11.0 Å². The topological polar surface area (TPSA) is 26.3 Å². The predicted octanol–water partition coefficient (Wildman–Crippen LogP) is 3.58. The summed E-state index contributed by atoms with van der Waals surface area (Å²) >= 11 is 5.13. The molecule has 0 aliphatic carbocycles. The maximum absolute atomic E-state index is 10.5. The Morgan fingerprint density at radius 2 is 1.67 bits per heavy atom. The van der Waals surface area contributed by atoms with Crippen LogP contribution in [0.15, 0.2) is 0 Å². The van der Waals surface area contributed by atoms with Gasteiger partial charge in [0, 0.05) is 11.6 Å². The number of hydrogen-bond donors (Lipinski definition) is 0. The van der Waals surface area contributed by atoms with Crippen molar-refractivity contribution in [3.05, 3.63) is 0 Å². The Hall–Kier alpha value is -0.240. The van der Waals surface area contributed by atoms with Crippen molar-refractivity contribution >= 4 is 17.0 Å². The van der Waals surface area contributed by atoms with Crippen LogP contribution in [0.2, 0.25) is 0 Å². The standard InChI is InChI=1S/C9H17ClO2/c1-8(2,3)6-9(4,5)12-7(10)11/h6H2,1-5H3. The molecule has 0 aromatic carbocycles. The van der Waals surface area contributed by atoms with E-state index in [9.17, 15) is 4.79 Å². The van der Waals surface area contributed by atoms with Gasteiger partial charge in [0.2, 0.25) is 0 Å². The average molecular weight is 193 g/mol. The number of hydrogen-bond acceptors (Lipinski definition) is 2. The van der Waals surface area contributed by atoms with Gasteiger partial charge in [0.05, 0.1) is 0 Å². The van der Waals surface area contributed by atoms with Crippen LogP contribution >= 0.6 is 11.6 Å². The first-order valence-electron chi connectivity index (χ1n) is 4.01. The van der Waals surface area contributed by atoms with Gasteiger partial charge < -0.3 is 4.74 Å². The summed E-state index contributed by atoms with van der Waals surface area (Å²) in [6.45, 7) is 10.0. The van der Waals surface area contributed by atoms with Crippen LogP contribution in [0.3, 0.4) is 0 Å². The van der Waals surface area contributed by atoms with E-state index in [4.69, 9.17) is 16.3 Å². The first-order valence-corrected chi connectivity index (χ1v) is 4.39. The van der Waals surface area contributed by atoms with Crippen LogP contribution in [0.1, 0.15) is 41.0 Å². The summed E-state index contributed by atoms with van der Waals surface area (Å²) in [5.41, 5.74) is -1.07. The van der Waals surface area contributed by atoms with E-state index in [1.165, 1.54) is 0 Å². The lowest BCUT2D eigenvalue weighted by Gasteiger charge is -2.31. The molecule has 0 heterocycles. The van der Waals surface area contributed by atoms with Gasteiger partial charge >= 0.3 is 5.43 Å². The van der Waals surface area contributed by atoms with E-state index in [1.807, 2.05) is 13.8 Å². The lowest BCUT2D eigenvalue weighted by atomic mass is 9.84. The van der Waals surface area contributed by atoms with E-state index in [0.717, 1.165) is 6.42 Å². The minimum atomic E-state index is -0.732. The zero-order chi connectivity index (χ0) is 9.99. The van der Waals surface area contributed by atoms with E-state index in [0.29, 0.717) is 0 Å². The van der Waals surface area contributed by atoms with Gasteiger partial charge in [-0.2, -0.15) is 0 Å². The summed E-state index contributed by atoms with van der Waals surface area (Å²) in [5.74, 6) is 0. The quantitative estimate of drug-likeness (QED) is 0.626. The number of rotatable bonds is 2. The fourth-order valence-electron chi connectivity index (χ4n) is 1.53. The highest BCUT2D eigenvalue weighted by atomic mass is 35.5. The van der Waals surface area contributed by atoms with Crippen molar-refractivity contribution in [3.63, 3.8) is 0 Å². The summed E-state index contributed by atoms with van der Waals surface area (Å²) in [4.78, 5) is 10.5. The molecule has 0 N–H and O–H groups in total. The van der Waals surface area contributed by atoms with Gasteiger partial charge in [-0.05, 0) is 25.7 Å². The highest BCUT2D eigenvalue weighted by Gasteiger charge is 2.28. The predicted molar refractivity (Wildman–Crippen MR) is 50.5 cm³/mol. The van der Waals surface area contributed by atoms with Gasteiger partial charge in [0.25, 0.3) is 0 Å². The van der Waals surface area contributed by atoms with Crippen molar-refractivity contribution in [2.75, 3.05) is 0 Å². The molecule has 12 heavy (non-hydrogen) atoms. The number of carbonyl (C=O) groups excluding carboxylic acids is 1. The lowest BCUT2D eigenvalue weighted by molar-refractivity contribution is 0.0247. The van der Waals surface area contributed by atoms with Crippen LogP contribution in [0.4, 0.5) is 4.79 Å². The summed E-state index contributed by atoms with van der Waals surface area (Å²) in [6.07, 6.45) is 0.790. The summed E-state index contributed by atoms with van der Waals surface area (Å²) < 4.78 is 4.94. The molecule has 0 spiro atoms. The van der Waals surface area contributed by atoms with Crippen molar-refractivity contribution in [2.45, 2.75) is 46.6 Å². The van der Waals surface area contributed by atoms with Gasteiger partial charge in [0.1, 0.15) is 5.60 Å².